The topological polar surface area (TPSA) is 35.5 Å². The minimum Gasteiger partial charge on any atom is -0.490 e. The smallest absolute Gasteiger partial charge is 0.193 e. The largest absolute Gasteiger partial charge is 0.490 e. The Morgan fingerprint density at radius 1 is 0.680 bits per heavy atom. The molecule has 25 heavy (non-hydrogen) atoms. The normalized spacial score (nSPS) is 10.3. The van der Waals surface area contributed by atoms with Gasteiger partial charge in [-0.05, 0) is 48.5 Å². The molecule has 4 heteroatoms. The van der Waals surface area contributed by atoms with Gasteiger partial charge in [-0.3, -0.25) is 4.79 Å². The number of ether oxygens (including phenoxy) is 2. The lowest BCUT2D eigenvalue weighted by Gasteiger charge is -2.09. The van der Waals surface area contributed by atoms with Gasteiger partial charge < -0.3 is 9.47 Å². The van der Waals surface area contributed by atoms with E-state index in [1.807, 2.05) is 54.6 Å². The molecule has 0 aliphatic rings. The lowest BCUT2D eigenvalue weighted by atomic mass is 10.0. The van der Waals surface area contributed by atoms with E-state index in [1.54, 1.807) is 24.3 Å². The Kier molecular flexibility index (Phi) is 5.86. The van der Waals surface area contributed by atoms with Crippen molar-refractivity contribution < 1.29 is 14.3 Å². The molecule has 0 amide bonds. The van der Waals surface area contributed by atoms with E-state index in [1.165, 1.54) is 0 Å². The minimum atomic E-state index is 0.00530. The second kappa shape index (κ2) is 8.49. The van der Waals surface area contributed by atoms with Gasteiger partial charge in [-0.25, -0.2) is 0 Å². The second-order valence-corrected chi connectivity index (χ2v) is 6.29. The zero-order chi connectivity index (χ0) is 17.5. The number of rotatable bonds is 7. The van der Waals surface area contributed by atoms with E-state index in [2.05, 4.69) is 15.9 Å². The molecule has 0 heterocycles. The summed E-state index contributed by atoms with van der Waals surface area (Å²) in [6.07, 6.45) is 0. The van der Waals surface area contributed by atoms with Crippen molar-refractivity contribution in [2.45, 2.75) is 0 Å². The molecule has 0 saturated heterocycles. The van der Waals surface area contributed by atoms with E-state index in [9.17, 15) is 4.79 Å². The first-order chi connectivity index (χ1) is 12.2. The third kappa shape index (κ3) is 4.94. The fourth-order valence-corrected chi connectivity index (χ4v) is 2.57. The van der Waals surface area contributed by atoms with Crippen LogP contribution >= 0.6 is 15.9 Å². The summed E-state index contributed by atoms with van der Waals surface area (Å²) in [7, 11) is 0. The molecule has 0 bridgehead atoms. The maximum absolute atomic E-state index is 12.3. The zero-order valence-corrected chi connectivity index (χ0v) is 15.1. The Morgan fingerprint density at radius 3 is 1.72 bits per heavy atom. The van der Waals surface area contributed by atoms with Crippen LogP contribution in [-0.2, 0) is 0 Å². The Bertz CT molecular complexity index is 812. The molecular weight excluding hydrogens is 380 g/mol. The average Bonchev–Trinajstić information content (AvgIpc) is 2.67. The molecule has 3 aromatic carbocycles. The Hall–Kier alpha value is -2.59. The van der Waals surface area contributed by atoms with Gasteiger partial charge in [-0.1, -0.05) is 46.3 Å². The van der Waals surface area contributed by atoms with Crippen LogP contribution in [0.5, 0.6) is 11.5 Å². The fraction of sp³-hybridized carbons (Fsp3) is 0.0952. The highest BCUT2D eigenvalue weighted by Gasteiger charge is 2.08. The number of ketones is 1. The predicted molar refractivity (Wildman–Crippen MR) is 101 cm³/mol. The van der Waals surface area contributed by atoms with Crippen LogP contribution in [0.2, 0.25) is 0 Å². The van der Waals surface area contributed by atoms with Crippen LogP contribution in [0.4, 0.5) is 0 Å². The molecule has 0 aliphatic heterocycles. The van der Waals surface area contributed by atoms with Gasteiger partial charge >= 0.3 is 0 Å². The van der Waals surface area contributed by atoms with Gasteiger partial charge in [0.05, 0.1) is 0 Å². The van der Waals surface area contributed by atoms with E-state index in [0.29, 0.717) is 30.1 Å². The zero-order valence-electron chi connectivity index (χ0n) is 13.5. The van der Waals surface area contributed by atoms with Crippen LogP contribution in [0.25, 0.3) is 0 Å². The summed E-state index contributed by atoms with van der Waals surface area (Å²) in [5.41, 5.74) is 1.32. The van der Waals surface area contributed by atoms with Crippen molar-refractivity contribution in [2.75, 3.05) is 13.2 Å². The molecule has 0 radical (unpaired) electrons. The maximum Gasteiger partial charge on any atom is 0.193 e. The van der Waals surface area contributed by atoms with Gasteiger partial charge in [0, 0.05) is 15.6 Å². The summed E-state index contributed by atoms with van der Waals surface area (Å²) in [5, 5.41) is 0. The number of hydrogen-bond acceptors (Lipinski definition) is 3. The number of carbonyl (C=O) groups excluding carboxylic acids is 1. The second-order valence-electron chi connectivity index (χ2n) is 5.37. The first-order valence-electron chi connectivity index (χ1n) is 7.93. The lowest BCUT2D eigenvalue weighted by molar-refractivity contribution is 0.103. The monoisotopic (exact) mass is 396 g/mol. The van der Waals surface area contributed by atoms with Crippen LogP contribution in [0.15, 0.2) is 83.3 Å². The molecule has 0 atom stereocenters. The molecule has 3 nitrogen and oxygen atoms in total. The van der Waals surface area contributed by atoms with Gasteiger partial charge in [0.2, 0.25) is 0 Å². The summed E-state index contributed by atoms with van der Waals surface area (Å²) in [5.74, 6) is 1.52. The Balaban J connectivity index is 1.49. The lowest BCUT2D eigenvalue weighted by Crippen LogP contribution is -2.09. The van der Waals surface area contributed by atoms with Crippen molar-refractivity contribution in [1.29, 1.82) is 0 Å². The Labute approximate surface area is 155 Å². The molecular formula is C21H17BrO3. The quantitative estimate of drug-likeness (QED) is 0.409. The summed E-state index contributed by atoms with van der Waals surface area (Å²) in [4.78, 5) is 12.3. The van der Waals surface area contributed by atoms with Gasteiger partial charge in [0.15, 0.2) is 5.78 Å². The van der Waals surface area contributed by atoms with Crippen molar-refractivity contribution in [1.82, 2.24) is 0 Å². The highest BCUT2D eigenvalue weighted by atomic mass is 79.9. The minimum absolute atomic E-state index is 0.00530. The van der Waals surface area contributed by atoms with E-state index in [-0.39, 0.29) is 5.78 Å². The third-order valence-electron chi connectivity index (χ3n) is 3.59. The molecule has 0 fully saturated rings. The molecule has 3 aromatic rings. The summed E-state index contributed by atoms with van der Waals surface area (Å²) >= 11 is 3.38. The predicted octanol–water partition coefficient (Wildman–Crippen LogP) is 5.14. The van der Waals surface area contributed by atoms with Crippen LogP contribution in [-0.4, -0.2) is 19.0 Å². The molecule has 0 aliphatic carbocycles. The van der Waals surface area contributed by atoms with Crippen LogP contribution in [0, 0.1) is 0 Å². The van der Waals surface area contributed by atoms with Crippen molar-refractivity contribution in [3.63, 3.8) is 0 Å². The molecule has 0 unspecified atom stereocenters. The average molecular weight is 397 g/mol. The molecule has 0 saturated carbocycles. The number of benzene rings is 3. The van der Waals surface area contributed by atoms with Crippen molar-refractivity contribution in [3.8, 4) is 11.5 Å². The van der Waals surface area contributed by atoms with E-state index >= 15 is 0 Å². The molecule has 3 rings (SSSR count). The summed E-state index contributed by atoms with van der Waals surface area (Å²) in [6.45, 7) is 0.883. The van der Waals surface area contributed by atoms with Crippen molar-refractivity contribution in [2.24, 2.45) is 0 Å². The molecule has 0 spiro atoms. The summed E-state index contributed by atoms with van der Waals surface area (Å²) in [6, 6.07) is 24.0. The van der Waals surface area contributed by atoms with Gasteiger partial charge in [0.1, 0.15) is 24.7 Å². The first-order valence-corrected chi connectivity index (χ1v) is 8.73. The highest BCUT2D eigenvalue weighted by molar-refractivity contribution is 9.10. The highest BCUT2D eigenvalue weighted by Crippen LogP contribution is 2.17. The van der Waals surface area contributed by atoms with E-state index in [4.69, 9.17) is 9.47 Å². The van der Waals surface area contributed by atoms with Crippen molar-refractivity contribution >= 4 is 21.7 Å². The van der Waals surface area contributed by atoms with E-state index in [0.717, 1.165) is 10.2 Å². The van der Waals surface area contributed by atoms with Gasteiger partial charge in [-0.2, -0.15) is 0 Å². The van der Waals surface area contributed by atoms with Crippen molar-refractivity contribution in [3.05, 3.63) is 94.5 Å². The molecule has 0 N–H and O–H groups in total. The van der Waals surface area contributed by atoms with E-state index < -0.39 is 0 Å². The number of hydrogen-bond donors (Lipinski definition) is 0. The summed E-state index contributed by atoms with van der Waals surface area (Å²) < 4.78 is 12.3. The molecule has 126 valence electrons. The van der Waals surface area contributed by atoms with Gasteiger partial charge in [-0.15, -0.1) is 0 Å². The van der Waals surface area contributed by atoms with Crippen LogP contribution in [0.1, 0.15) is 15.9 Å². The number of halogens is 1. The SMILES string of the molecule is O=C(c1ccccc1)c1ccc(OCCOc2ccc(Br)cc2)cc1. The maximum atomic E-state index is 12.3. The van der Waals surface area contributed by atoms with Crippen LogP contribution < -0.4 is 9.47 Å². The Morgan fingerprint density at radius 2 is 1.16 bits per heavy atom. The number of carbonyl (C=O) groups is 1. The van der Waals surface area contributed by atoms with Gasteiger partial charge in [0.25, 0.3) is 0 Å². The fourth-order valence-electron chi connectivity index (χ4n) is 2.31. The molecule has 0 aromatic heterocycles. The standard InChI is InChI=1S/C21H17BrO3/c22-18-8-12-20(13-9-18)25-15-14-24-19-10-6-17(7-11-19)21(23)16-4-2-1-3-5-16/h1-13H,14-15H2. The third-order valence-corrected chi connectivity index (χ3v) is 4.12. The first kappa shape index (κ1) is 17.2. The van der Waals surface area contributed by atoms with Crippen LogP contribution in [0.3, 0.4) is 0 Å².